The number of nitrogens with zero attached hydrogens (tertiary/aromatic N) is 3. The number of halogens is 3. The van der Waals surface area contributed by atoms with E-state index in [0.29, 0.717) is 5.01 Å². The third-order valence-electron chi connectivity index (χ3n) is 4.11. The zero-order chi connectivity index (χ0) is 15.6. The molecule has 0 radical (unpaired) electrons. The smallest absolute Gasteiger partial charge is 0.220 e. The molecule has 1 aliphatic heterocycles. The van der Waals surface area contributed by atoms with Crippen LogP contribution in [0.3, 0.4) is 0 Å². The molecule has 0 aromatic heterocycles. The fourth-order valence-electron chi connectivity index (χ4n) is 3.06. The molecule has 120 valence electrons. The lowest BCUT2D eigenvalue weighted by Crippen LogP contribution is -2.57. The molecule has 0 atom stereocenters. The molecular weight excluding hydrogens is 293 g/mol. The van der Waals surface area contributed by atoms with Gasteiger partial charge in [-0.25, -0.2) is 5.53 Å². The number of amidine groups is 1. The van der Waals surface area contributed by atoms with Crippen molar-refractivity contribution in [3.63, 3.8) is 0 Å². The quantitative estimate of drug-likeness (QED) is 0.868. The molecular formula is C15H19F3N4. The van der Waals surface area contributed by atoms with Gasteiger partial charge in [-0.3, -0.25) is 0 Å². The highest BCUT2D eigenvalue weighted by Gasteiger charge is 2.48. The lowest BCUT2D eigenvalue weighted by Gasteiger charge is -2.37. The van der Waals surface area contributed by atoms with Gasteiger partial charge in [-0.2, -0.15) is 5.01 Å². The molecule has 0 amide bonds. The van der Waals surface area contributed by atoms with Crippen LogP contribution < -0.4 is 5.53 Å². The molecule has 0 saturated heterocycles. The van der Waals surface area contributed by atoms with E-state index in [0.717, 1.165) is 42.8 Å². The Morgan fingerprint density at radius 1 is 1.09 bits per heavy atom. The number of hydrogen-bond donors (Lipinski definition) is 1. The minimum absolute atomic E-state index is 0.00993. The summed E-state index contributed by atoms with van der Waals surface area (Å²) in [6.45, 7) is 0. The Hall–Kier alpha value is -1.76. The first-order valence-corrected chi connectivity index (χ1v) is 7.58. The standard InChI is InChI=1S/C15H19F3N4/c16-15(17,18)21-14(11-12-7-3-1-4-8-12)19-20-22(21)13-9-5-2-6-10-13/h1,3-4,7-8,13,20H,2,5-6,9-11H2. The molecule has 0 bridgehead atoms. The summed E-state index contributed by atoms with van der Waals surface area (Å²) in [5.74, 6) is -0.00993. The summed E-state index contributed by atoms with van der Waals surface area (Å²) in [4.78, 5) is 0. The molecule has 22 heavy (non-hydrogen) atoms. The Labute approximate surface area is 127 Å². The highest BCUT2D eigenvalue weighted by atomic mass is 19.4. The van der Waals surface area contributed by atoms with Crippen LogP contribution in [0.4, 0.5) is 13.2 Å². The summed E-state index contributed by atoms with van der Waals surface area (Å²) in [7, 11) is 0. The normalized spacial score (nSPS) is 20.9. The van der Waals surface area contributed by atoms with Crippen LogP contribution in [0.2, 0.25) is 0 Å². The molecule has 0 spiro atoms. The van der Waals surface area contributed by atoms with Crippen molar-refractivity contribution in [3.05, 3.63) is 35.9 Å². The average molecular weight is 312 g/mol. The Kier molecular flexibility index (Phi) is 4.24. The zero-order valence-electron chi connectivity index (χ0n) is 12.2. The molecule has 1 aliphatic carbocycles. The van der Waals surface area contributed by atoms with E-state index in [4.69, 9.17) is 0 Å². The molecule has 2 aliphatic rings. The fraction of sp³-hybridized carbons (Fsp3) is 0.533. The number of hydrazone groups is 1. The number of alkyl halides is 3. The summed E-state index contributed by atoms with van der Waals surface area (Å²) in [5.41, 5.74) is 3.39. The molecule has 1 fully saturated rings. The van der Waals surface area contributed by atoms with Crippen LogP contribution in [-0.4, -0.2) is 28.3 Å². The largest absolute Gasteiger partial charge is 0.501 e. The molecule has 1 aromatic rings. The van der Waals surface area contributed by atoms with Crippen molar-refractivity contribution in [2.24, 2.45) is 5.10 Å². The van der Waals surface area contributed by atoms with Gasteiger partial charge in [-0.1, -0.05) is 49.6 Å². The Morgan fingerprint density at radius 3 is 2.41 bits per heavy atom. The summed E-state index contributed by atoms with van der Waals surface area (Å²) in [6, 6.07) is 8.92. The van der Waals surface area contributed by atoms with Crippen molar-refractivity contribution in [2.75, 3.05) is 0 Å². The Balaban J connectivity index is 1.78. The van der Waals surface area contributed by atoms with Gasteiger partial charge in [0.15, 0.2) is 5.84 Å². The van der Waals surface area contributed by atoms with Crippen molar-refractivity contribution >= 4 is 5.84 Å². The summed E-state index contributed by atoms with van der Waals surface area (Å²) in [5, 5.41) is 5.47. The minimum atomic E-state index is -4.48. The first-order chi connectivity index (χ1) is 10.6. The number of nitrogens with one attached hydrogen (secondary N) is 1. The van der Waals surface area contributed by atoms with Gasteiger partial charge in [0.05, 0.1) is 6.04 Å². The molecule has 1 heterocycles. The van der Waals surface area contributed by atoms with Gasteiger partial charge < -0.3 is 0 Å². The van der Waals surface area contributed by atoms with Gasteiger partial charge in [0, 0.05) is 6.42 Å². The van der Waals surface area contributed by atoms with Gasteiger partial charge in [0.25, 0.3) is 0 Å². The predicted octanol–water partition coefficient (Wildman–Crippen LogP) is 3.43. The first-order valence-electron chi connectivity index (χ1n) is 7.58. The number of hydrogen-bond acceptors (Lipinski definition) is 4. The highest BCUT2D eigenvalue weighted by Crippen LogP contribution is 2.32. The fourth-order valence-corrected chi connectivity index (χ4v) is 3.06. The van der Waals surface area contributed by atoms with E-state index in [-0.39, 0.29) is 18.3 Å². The first kappa shape index (κ1) is 15.1. The maximum Gasteiger partial charge on any atom is 0.501 e. The molecule has 0 unspecified atom stereocenters. The Bertz CT molecular complexity index is 523. The number of benzene rings is 1. The van der Waals surface area contributed by atoms with Crippen molar-refractivity contribution in [3.8, 4) is 0 Å². The second-order valence-corrected chi connectivity index (χ2v) is 5.71. The minimum Gasteiger partial charge on any atom is -0.220 e. The van der Waals surface area contributed by atoms with E-state index in [2.05, 4.69) is 10.6 Å². The van der Waals surface area contributed by atoms with E-state index in [1.54, 1.807) is 12.1 Å². The summed E-state index contributed by atoms with van der Waals surface area (Å²) in [6.07, 6.45) is 0.200. The van der Waals surface area contributed by atoms with Crippen LogP contribution in [0.15, 0.2) is 35.4 Å². The topological polar surface area (TPSA) is 30.9 Å². The summed E-state index contributed by atoms with van der Waals surface area (Å²) < 4.78 is 40.4. The van der Waals surface area contributed by atoms with Gasteiger partial charge in [0.2, 0.25) is 0 Å². The van der Waals surface area contributed by atoms with Gasteiger partial charge in [-0.05, 0) is 18.4 Å². The van der Waals surface area contributed by atoms with Gasteiger partial charge in [0.1, 0.15) is 0 Å². The highest BCUT2D eigenvalue weighted by molar-refractivity contribution is 5.85. The van der Waals surface area contributed by atoms with E-state index < -0.39 is 6.30 Å². The van der Waals surface area contributed by atoms with Crippen LogP contribution in [0.25, 0.3) is 0 Å². The lowest BCUT2D eigenvalue weighted by molar-refractivity contribution is -0.293. The second kappa shape index (κ2) is 6.16. The Morgan fingerprint density at radius 2 is 1.77 bits per heavy atom. The number of hydrazine groups is 2. The molecule has 1 aromatic carbocycles. The van der Waals surface area contributed by atoms with E-state index in [1.807, 2.05) is 18.2 Å². The predicted molar refractivity (Wildman–Crippen MR) is 77.3 cm³/mol. The molecule has 1 saturated carbocycles. The van der Waals surface area contributed by atoms with Crippen LogP contribution in [0, 0.1) is 0 Å². The maximum absolute atomic E-state index is 13.5. The maximum atomic E-state index is 13.5. The van der Waals surface area contributed by atoms with Crippen LogP contribution in [-0.2, 0) is 6.42 Å². The third kappa shape index (κ3) is 3.19. The van der Waals surface area contributed by atoms with Crippen molar-refractivity contribution < 1.29 is 13.2 Å². The van der Waals surface area contributed by atoms with Crippen LogP contribution >= 0.6 is 0 Å². The van der Waals surface area contributed by atoms with E-state index >= 15 is 0 Å². The molecule has 1 N–H and O–H groups in total. The summed E-state index contributed by atoms with van der Waals surface area (Å²) >= 11 is 0. The third-order valence-corrected chi connectivity index (χ3v) is 4.11. The SMILES string of the molecule is FC(F)(F)N1C(Cc2ccccc2)=NNN1C1CCCCC1. The second-order valence-electron chi connectivity index (χ2n) is 5.71. The monoisotopic (exact) mass is 312 g/mol. The van der Waals surface area contributed by atoms with Crippen molar-refractivity contribution in [2.45, 2.75) is 50.9 Å². The molecule has 4 nitrogen and oxygen atoms in total. The van der Waals surface area contributed by atoms with Gasteiger partial charge in [-0.15, -0.1) is 23.4 Å². The van der Waals surface area contributed by atoms with Crippen LogP contribution in [0.1, 0.15) is 37.7 Å². The lowest BCUT2D eigenvalue weighted by atomic mass is 9.96. The van der Waals surface area contributed by atoms with E-state index in [9.17, 15) is 13.2 Å². The number of rotatable bonds is 3. The average Bonchev–Trinajstić information content (AvgIpc) is 2.93. The van der Waals surface area contributed by atoms with Crippen LogP contribution in [0.5, 0.6) is 0 Å². The van der Waals surface area contributed by atoms with Gasteiger partial charge >= 0.3 is 6.30 Å². The molecule has 3 rings (SSSR count). The molecule has 7 heteroatoms. The van der Waals surface area contributed by atoms with Crippen molar-refractivity contribution in [1.82, 2.24) is 15.7 Å². The zero-order valence-corrected chi connectivity index (χ0v) is 12.2. The van der Waals surface area contributed by atoms with E-state index in [1.165, 1.54) is 0 Å². The van der Waals surface area contributed by atoms with Crippen molar-refractivity contribution in [1.29, 1.82) is 0 Å².